The van der Waals surface area contributed by atoms with E-state index in [0.717, 1.165) is 39.1 Å². The predicted molar refractivity (Wildman–Crippen MR) is 82.0 cm³/mol. The van der Waals surface area contributed by atoms with Gasteiger partial charge < -0.3 is 20.1 Å². The second kappa shape index (κ2) is 7.74. The number of nitrogens with one attached hydrogen (secondary N) is 1. The molecule has 0 aromatic carbocycles. The molecule has 2 atom stereocenters. The van der Waals surface area contributed by atoms with Gasteiger partial charge in [0.05, 0.1) is 12.7 Å². The second-order valence-corrected chi connectivity index (χ2v) is 6.77. The molecule has 118 valence electrons. The van der Waals surface area contributed by atoms with Gasteiger partial charge in [-0.1, -0.05) is 6.92 Å². The highest BCUT2D eigenvalue weighted by molar-refractivity contribution is 4.92. The third-order valence-electron chi connectivity index (χ3n) is 4.61. The summed E-state index contributed by atoms with van der Waals surface area (Å²) in [4.78, 5) is 2.49. The normalized spacial score (nSPS) is 26.1. The van der Waals surface area contributed by atoms with Crippen molar-refractivity contribution in [3.05, 3.63) is 0 Å². The zero-order valence-corrected chi connectivity index (χ0v) is 13.2. The van der Waals surface area contributed by atoms with E-state index in [-0.39, 0.29) is 12.1 Å². The Bertz CT molecular complexity index is 278. The molecule has 0 bridgehead atoms. The summed E-state index contributed by atoms with van der Waals surface area (Å²) in [5.41, 5.74) is -0.0928. The maximum absolute atomic E-state index is 9.62. The second-order valence-electron chi connectivity index (χ2n) is 6.77. The first-order valence-electron chi connectivity index (χ1n) is 8.38. The molecular weight excluding hydrogens is 252 g/mol. The Kier molecular flexibility index (Phi) is 6.27. The van der Waals surface area contributed by atoms with E-state index in [4.69, 9.17) is 4.74 Å². The van der Waals surface area contributed by atoms with Gasteiger partial charge in [-0.3, -0.25) is 0 Å². The van der Waals surface area contributed by atoms with E-state index in [2.05, 4.69) is 24.1 Å². The van der Waals surface area contributed by atoms with Crippen molar-refractivity contribution >= 4 is 0 Å². The quantitative estimate of drug-likeness (QED) is 0.642. The smallest absolute Gasteiger partial charge is 0.0702 e. The summed E-state index contributed by atoms with van der Waals surface area (Å²) in [5.74, 6) is 0. The Hall–Kier alpha value is -0.160. The minimum Gasteiger partial charge on any atom is -0.394 e. The van der Waals surface area contributed by atoms with Gasteiger partial charge in [-0.15, -0.1) is 0 Å². The fraction of sp³-hybridized carbons (Fsp3) is 1.00. The number of rotatable bonds is 10. The van der Waals surface area contributed by atoms with E-state index in [1.54, 1.807) is 0 Å². The van der Waals surface area contributed by atoms with Gasteiger partial charge in [0.25, 0.3) is 0 Å². The van der Waals surface area contributed by atoms with Crippen LogP contribution in [-0.2, 0) is 4.74 Å². The van der Waals surface area contributed by atoms with Crippen LogP contribution in [0.2, 0.25) is 0 Å². The molecule has 0 aromatic rings. The summed E-state index contributed by atoms with van der Waals surface area (Å²) in [6, 6.07) is 0.654. The van der Waals surface area contributed by atoms with E-state index >= 15 is 0 Å². The number of hydrogen-bond donors (Lipinski definition) is 2. The first kappa shape index (κ1) is 16.2. The third kappa shape index (κ3) is 5.32. The van der Waals surface area contributed by atoms with Gasteiger partial charge in [0.1, 0.15) is 0 Å². The number of likely N-dealkylation sites (N-methyl/N-ethyl adjacent to an activating group) is 1. The molecule has 1 heterocycles. The van der Waals surface area contributed by atoms with Crippen molar-refractivity contribution in [1.82, 2.24) is 10.2 Å². The largest absolute Gasteiger partial charge is 0.394 e. The molecule has 1 aliphatic carbocycles. The molecule has 0 spiro atoms. The molecule has 1 aliphatic heterocycles. The Morgan fingerprint density at radius 3 is 2.70 bits per heavy atom. The Balaban J connectivity index is 1.65. The van der Waals surface area contributed by atoms with Crippen LogP contribution >= 0.6 is 0 Å². The van der Waals surface area contributed by atoms with Gasteiger partial charge in [0, 0.05) is 24.7 Å². The molecule has 1 saturated heterocycles. The van der Waals surface area contributed by atoms with E-state index in [0.29, 0.717) is 12.1 Å². The lowest BCUT2D eigenvalue weighted by atomic mass is 9.96. The molecule has 0 amide bonds. The third-order valence-corrected chi connectivity index (χ3v) is 4.61. The Morgan fingerprint density at radius 1 is 1.35 bits per heavy atom. The summed E-state index contributed by atoms with van der Waals surface area (Å²) in [6.45, 7) is 8.83. The molecule has 0 aromatic heterocycles. The van der Waals surface area contributed by atoms with Gasteiger partial charge >= 0.3 is 0 Å². The van der Waals surface area contributed by atoms with E-state index in [1.165, 1.54) is 25.7 Å². The van der Waals surface area contributed by atoms with Gasteiger partial charge in [-0.25, -0.2) is 0 Å². The highest BCUT2D eigenvalue weighted by atomic mass is 16.5. The van der Waals surface area contributed by atoms with Crippen LogP contribution in [-0.4, -0.2) is 60.5 Å². The van der Waals surface area contributed by atoms with Crippen molar-refractivity contribution < 1.29 is 9.84 Å². The van der Waals surface area contributed by atoms with Crippen molar-refractivity contribution in [3.8, 4) is 0 Å². The minimum absolute atomic E-state index is 0.0928. The molecule has 20 heavy (non-hydrogen) atoms. The molecule has 4 nitrogen and oxygen atoms in total. The maximum Gasteiger partial charge on any atom is 0.0702 e. The standard InChI is InChI=1S/C16H32N2O2/c1-3-18(12-15-6-4-11-20-15)10-5-9-16(2,13-19)17-14-7-8-14/h14-15,17,19H,3-13H2,1-2H3. The van der Waals surface area contributed by atoms with Crippen molar-refractivity contribution in [2.45, 2.75) is 70.1 Å². The van der Waals surface area contributed by atoms with Crippen LogP contribution in [0.5, 0.6) is 0 Å². The highest BCUT2D eigenvalue weighted by Crippen LogP contribution is 2.24. The number of aliphatic hydroxyl groups excluding tert-OH is 1. The number of nitrogens with zero attached hydrogens (tertiary/aromatic N) is 1. The van der Waals surface area contributed by atoms with Gasteiger partial charge in [-0.2, -0.15) is 0 Å². The lowest BCUT2D eigenvalue weighted by Crippen LogP contribution is -2.47. The van der Waals surface area contributed by atoms with Crippen molar-refractivity contribution in [2.75, 3.05) is 32.8 Å². The molecule has 2 fully saturated rings. The number of ether oxygens (including phenoxy) is 1. The summed E-state index contributed by atoms with van der Waals surface area (Å²) in [5, 5.41) is 13.2. The SMILES string of the molecule is CCN(CCCC(C)(CO)NC1CC1)CC1CCCO1. The summed E-state index contributed by atoms with van der Waals surface area (Å²) in [6.07, 6.45) is 7.61. The highest BCUT2D eigenvalue weighted by Gasteiger charge is 2.31. The zero-order chi connectivity index (χ0) is 14.4. The van der Waals surface area contributed by atoms with Gasteiger partial charge in [0.15, 0.2) is 0 Å². The van der Waals surface area contributed by atoms with Crippen LogP contribution in [0.1, 0.15) is 52.4 Å². The fourth-order valence-corrected chi connectivity index (χ4v) is 3.06. The lowest BCUT2D eigenvalue weighted by molar-refractivity contribution is 0.0724. The van der Waals surface area contributed by atoms with Crippen LogP contribution in [0, 0.1) is 0 Å². The molecule has 2 aliphatic rings. The van der Waals surface area contributed by atoms with Crippen LogP contribution in [0.3, 0.4) is 0 Å². The van der Waals surface area contributed by atoms with Crippen LogP contribution in [0.25, 0.3) is 0 Å². The Morgan fingerprint density at radius 2 is 2.15 bits per heavy atom. The first-order chi connectivity index (χ1) is 9.65. The monoisotopic (exact) mass is 284 g/mol. The fourth-order valence-electron chi connectivity index (χ4n) is 3.06. The van der Waals surface area contributed by atoms with Crippen molar-refractivity contribution in [2.24, 2.45) is 0 Å². The molecule has 2 unspecified atom stereocenters. The maximum atomic E-state index is 9.62. The lowest BCUT2D eigenvalue weighted by Gasteiger charge is -2.31. The number of hydrogen-bond acceptors (Lipinski definition) is 4. The van der Waals surface area contributed by atoms with Crippen LogP contribution in [0.15, 0.2) is 0 Å². The van der Waals surface area contributed by atoms with Crippen LogP contribution < -0.4 is 5.32 Å². The minimum atomic E-state index is -0.0928. The van der Waals surface area contributed by atoms with E-state index in [1.807, 2.05) is 0 Å². The van der Waals surface area contributed by atoms with Gasteiger partial charge in [0.2, 0.25) is 0 Å². The van der Waals surface area contributed by atoms with Gasteiger partial charge in [-0.05, 0) is 58.5 Å². The average molecular weight is 284 g/mol. The van der Waals surface area contributed by atoms with Crippen molar-refractivity contribution in [3.63, 3.8) is 0 Å². The summed E-state index contributed by atoms with van der Waals surface area (Å²) in [7, 11) is 0. The summed E-state index contributed by atoms with van der Waals surface area (Å²) >= 11 is 0. The molecule has 4 heteroatoms. The molecule has 2 rings (SSSR count). The first-order valence-corrected chi connectivity index (χ1v) is 8.38. The topological polar surface area (TPSA) is 44.7 Å². The predicted octanol–water partition coefficient (Wildman–Crippen LogP) is 1.77. The van der Waals surface area contributed by atoms with Crippen molar-refractivity contribution in [1.29, 1.82) is 0 Å². The zero-order valence-electron chi connectivity index (χ0n) is 13.2. The van der Waals surface area contributed by atoms with E-state index < -0.39 is 0 Å². The molecular formula is C16H32N2O2. The number of aliphatic hydroxyl groups is 1. The average Bonchev–Trinajstić information content (AvgIpc) is 3.10. The molecule has 2 N–H and O–H groups in total. The Labute approximate surface area is 123 Å². The molecule has 1 saturated carbocycles. The van der Waals surface area contributed by atoms with E-state index in [9.17, 15) is 5.11 Å². The van der Waals surface area contributed by atoms with Crippen LogP contribution in [0.4, 0.5) is 0 Å². The molecule has 0 radical (unpaired) electrons. The summed E-state index contributed by atoms with van der Waals surface area (Å²) < 4.78 is 5.72.